The molecule has 0 aliphatic rings. The van der Waals surface area contributed by atoms with Gasteiger partial charge in [-0.1, -0.05) is 28.1 Å². The lowest BCUT2D eigenvalue weighted by Gasteiger charge is -2.10. The molecule has 0 aliphatic heterocycles. The number of rotatable bonds is 2. The normalized spacial score (nSPS) is 10.7. The van der Waals surface area contributed by atoms with Gasteiger partial charge in [0.15, 0.2) is 0 Å². The Hall–Kier alpha value is -2.12. The van der Waals surface area contributed by atoms with Gasteiger partial charge in [0.2, 0.25) is 5.88 Å². The number of aromatic nitrogens is 2. The lowest BCUT2D eigenvalue weighted by molar-refractivity contribution is 0.434. The van der Waals surface area contributed by atoms with Crippen molar-refractivity contribution in [2.24, 2.45) is 0 Å². The summed E-state index contributed by atoms with van der Waals surface area (Å²) in [4.78, 5) is 26.2. The van der Waals surface area contributed by atoms with Crippen molar-refractivity contribution in [2.45, 2.75) is 0 Å². The highest BCUT2D eigenvalue weighted by Crippen LogP contribution is 2.27. The molecule has 0 spiro atoms. The number of aromatic amines is 1. The molecule has 0 atom stereocenters. The van der Waals surface area contributed by atoms with Gasteiger partial charge in [0.05, 0.1) is 5.69 Å². The molecule has 2 aromatic heterocycles. The van der Waals surface area contributed by atoms with E-state index in [-0.39, 0.29) is 11.4 Å². The average Bonchev–Trinajstić information content (AvgIpc) is 2.94. The smallest absolute Gasteiger partial charge is 0.335 e. The van der Waals surface area contributed by atoms with Crippen LogP contribution in [-0.2, 0) is 0 Å². The molecule has 2 heterocycles. The third-order valence-electron chi connectivity index (χ3n) is 2.98. The van der Waals surface area contributed by atoms with E-state index >= 15 is 0 Å². The number of benzene rings is 1. The number of thiophene rings is 1. The molecular formula is C14H9BrN2O3S. The van der Waals surface area contributed by atoms with Crippen LogP contribution >= 0.6 is 27.3 Å². The maximum Gasteiger partial charge on any atom is 0.335 e. The molecule has 7 heteroatoms. The fraction of sp³-hybridized carbons (Fsp3) is 0. The Balaban J connectivity index is 2.32. The van der Waals surface area contributed by atoms with Gasteiger partial charge >= 0.3 is 5.69 Å². The molecule has 21 heavy (non-hydrogen) atoms. The minimum absolute atomic E-state index is 0.0632. The maximum atomic E-state index is 12.0. The fourth-order valence-electron chi connectivity index (χ4n) is 2.03. The topological polar surface area (TPSA) is 75.1 Å². The SMILES string of the molecule is O=c1[nH]c(=O)n(-c2ccsc2)c(O)c1-c1ccc(Br)cc1. The third-order valence-corrected chi connectivity index (χ3v) is 4.18. The molecular weight excluding hydrogens is 356 g/mol. The van der Waals surface area contributed by atoms with Crippen LogP contribution in [-0.4, -0.2) is 14.7 Å². The Morgan fingerprint density at radius 2 is 1.86 bits per heavy atom. The van der Waals surface area contributed by atoms with Gasteiger partial charge in [0, 0.05) is 9.85 Å². The quantitative estimate of drug-likeness (QED) is 0.733. The Morgan fingerprint density at radius 1 is 1.14 bits per heavy atom. The number of halogens is 1. The van der Waals surface area contributed by atoms with Gasteiger partial charge in [-0.05, 0) is 29.1 Å². The second-order valence-electron chi connectivity index (χ2n) is 4.28. The molecule has 0 saturated heterocycles. The van der Waals surface area contributed by atoms with Crippen LogP contribution in [0.5, 0.6) is 5.88 Å². The molecule has 5 nitrogen and oxygen atoms in total. The predicted octanol–water partition coefficient (Wildman–Crippen LogP) is 2.72. The molecule has 2 N–H and O–H groups in total. The molecule has 0 fully saturated rings. The Kier molecular flexibility index (Phi) is 3.52. The number of aromatic hydroxyl groups is 1. The molecule has 0 unspecified atom stereocenters. The highest BCUT2D eigenvalue weighted by atomic mass is 79.9. The van der Waals surface area contributed by atoms with E-state index in [1.807, 2.05) is 0 Å². The van der Waals surface area contributed by atoms with E-state index in [0.717, 1.165) is 9.04 Å². The number of hydrogen-bond donors (Lipinski definition) is 2. The molecule has 0 saturated carbocycles. The van der Waals surface area contributed by atoms with Crippen LogP contribution in [0.3, 0.4) is 0 Å². The van der Waals surface area contributed by atoms with Crippen LogP contribution in [0, 0.1) is 0 Å². The van der Waals surface area contributed by atoms with Crippen molar-refractivity contribution in [2.75, 3.05) is 0 Å². The Labute approximate surface area is 131 Å². The van der Waals surface area contributed by atoms with Crippen LogP contribution in [0.2, 0.25) is 0 Å². The van der Waals surface area contributed by atoms with E-state index in [1.165, 1.54) is 11.3 Å². The summed E-state index contributed by atoms with van der Waals surface area (Å²) < 4.78 is 1.93. The van der Waals surface area contributed by atoms with Crippen LogP contribution in [0.1, 0.15) is 0 Å². The lowest BCUT2D eigenvalue weighted by Crippen LogP contribution is -2.29. The first-order valence-corrected chi connectivity index (χ1v) is 7.68. The van der Waals surface area contributed by atoms with Crippen molar-refractivity contribution in [3.63, 3.8) is 0 Å². The van der Waals surface area contributed by atoms with E-state index in [4.69, 9.17) is 0 Å². The van der Waals surface area contributed by atoms with Crippen LogP contribution in [0.15, 0.2) is 55.2 Å². The monoisotopic (exact) mass is 364 g/mol. The summed E-state index contributed by atoms with van der Waals surface area (Å²) in [6.45, 7) is 0. The highest BCUT2D eigenvalue weighted by molar-refractivity contribution is 9.10. The summed E-state index contributed by atoms with van der Waals surface area (Å²) in [7, 11) is 0. The molecule has 106 valence electrons. The van der Waals surface area contributed by atoms with E-state index in [9.17, 15) is 14.7 Å². The summed E-state index contributed by atoms with van der Waals surface area (Å²) in [5, 5.41) is 13.9. The maximum absolute atomic E-state index is 12.0. The molecule has 0 aliphatic carbocycles. The lowest BCUT2D eigenvalue weighted by atomic mass is 10.1. The minimum Gasteiger partial charge on any atom is -0.494 e. The van der Waals surface area contributed by atoms with Crippen LogP contribution < -0.4 is 11.2 Å². The van der Waals surface area contributed by atoms with Gasteiger partial charge in [-0.25, -0.2) is 9.36 Å². The van der Waals surface area contributed by atoms with E-state index in [1.54, 1.807) is 41.1 Å². The van der Waals surface area contributed by atoms with Crippen LogP contribution in [0.4, 0.5) is 0 Å². The number of H-pyrrole nitrogens is 1. The first-order valence-electron chi connectivity index (χ1n) is 5.95. The average molecular weight is 365 g/mol. The molecule has 3 rings (SSSR count). The first kappa shape index (κ1) is 13.8. The molecule has 0 amide bonds. The standard InChI is InChI=1S/C14H9BrN2O3S/c15-9-3-1-8(2-4-9)11-12(18)16-14(20)17(13(11)19)10-5-6-21-7-10/h1-7,19H,(H,16,18,20). The third kappa shape index (κ3) is 2.45. The zero-order chi connectivity index (χ0) is 15.0. The van der Waals surface area contributed by atoms with Gasteiger partial charge in [-0.3, -0.25) is 9.78 Å². The van der Waals surface area contributed by atoms with Gasteiger partial charge in [0.1, 0.15) is 5.56 Å². The predicted molar refractivity (Wildman–Crippen MR) is 85.3 cm³/mol. The van der Waals surface area contributed by atoms with Crippen molar-refractivity contribution >= 4 is 27.3 Å². The van der Waals surface area contributed by atoms with Crippen LogP contribution in [0.25, 0.3) is 16.8 Å². The van der Waals surface area contributed by atoms with Gasteiger partial charge in [-0.2, -0.15) is 11.3 Å². The summed E-state index contributed by atoms with van der Waals surface area (Å²) >= 11 is 4.70. The van der Waals surface area contributed by atoms with E-state index in [0.29, 0.717) is 11.3 Å². The summed E-state index contributed by atoms with van der Waals surface area (Å²) in [5.74, 6) is -0.371. The summed E-state index contributed by atoms with van der Waals surface area (Å²) in [5.41, 5.74) is -0.186. The molecule has 0 bridgehead atoms. The van der Waals surface area contributed by atoms with Gasteiger partial charge in [-0.15, -0.1) is 0 Å². The molecule has 3 aromatic rings. The van der Waals surface area contributed by atoms with Crippen molar-refractivity contribution in [1.29, 1.82) is 0 Å². The van der Waals surface area contributed by atoms with E-state index < -0.39 is 11.2 Å². The number of nitrogens with one attached hydrogen (secondary N) is 1. The fourth-order valence-corrected chi connectivity index (χ4v) is 2.91. The van der Waals surface area contributed by atoms with Gasteiger partial charge < -0.3 is 5.11 Å². The Bertz CT molecular complexity index is 895. The van der Waals surface area contributed by atoms with Crippen molar-refractivity contribution in [3.8, 4) is 22.7 Å². The zero-order valence-corrected chi connectivity index (χ0v) is 12.9. The summed E-state index contributed by atoms with van der Waals surface area (Å²) in [6.07, 6.45) is 0. The van der Waals surface area contributed by atoms with E-state index in [2.05, 4.69) is 20.9 Å². The first-order chi connectivity index (χ1) is 10.1. The Morgan fingerprint density at radius 3 is 2.48 bits per heavy atom. The minimum atomic E-state index is -0.670. The molecule has 0 radical (unpaired) electrons. The molecule has 1 aromatic carbocycles. The largest absolute Gasteiger partial charge is 0.494 e. The van der Waals surface area contributed by atoms with Crippen molar-refractivity contribution < 1.29 is 5.11 Å². The number of hydrogen-bond acceptors (Lipinski definition) is 4. The second kappa shape index (κ2) is 5.34. The summed E-state index contributed by atoms with van der Waals surface area (Å²) in [6, 6.07) is 8.59. The highest BCUT2D eigenvalue weighted by Gasteiger charge is 2.17. The van der Waals surface area contributed by atoms with Crippen molar-refractivity contribution in [1.82, 2.24) is 9.55 Å². The number of nitrogens with zero attached hydrogens (tertiary/aromatic N) is 1. The second-order valence-corrected chi connectivity index (χ2v) is 5.98. The van der Waals surface area contributed by atoms with Crippen molar-refractivity contribution in [3.05, 3.63) is 66.4 Å². The van der Waals surface area contributed by atoms with Gasteiger partial charge in [0.25, 0.3) is 5.56 Å². The zero-order valence-electron chi connectivity index (χ0n) is 10.5.